The number of guanidine groups is 1. The number of nitrogens with one attached hydrogen (secondary N) is 1. The van der Waals surface area contributed by atoms with Gasteiger partial charge < -0.3 is 24.4 Å². The molecule has 0 aliphatic carbocycles. The molecule has 0 aromatic carbocycles. The van der Waals surface area contributed by atoms with Gasteiger partial charge in [-0.15, -0.1) is 24.0 Å². The normalized spacial score (nSPS) is 17.9. The second-order valence-corrected chi connectivity index (χ2v) is 5.95. The van der Waals surface area contributed by atoms with Gasteiger partial charge in [-0.3, -0.25) is 9.67 Å². The highest BCUT2D eigenvalue weighted by atomic mass is 127. The van der Waals surface area contributed by atoms with E-state index in [0.717, 1.165) is 44.1 Å². The summed E-state index contributed by atoms with van der Waals surface area (Å²) in [6.45, 7) is 7.95. The van der Waals surface area contributed by atoms with Crippen molar-refractivity contribution >= 4 is 29.9 Å². The van der Waals surface area contributed by atoms with E-state index >= 15 is 0 Å². The summed E-state index contributed by atoms with van der Waals surface area (Å²) in [5.74, 6) is 0.941. The minimum absolute atomic E-state index is 0. The second kappa shape index (κ2) is 13.3. The standard InChI is InChI=1S/C17H31N5O3.HI/c1-4-18-17(19-6-5-8-24-11-10-23-3)22-7-9-25-16(14-22)15-12-20-21(2)13-15;/h12-13,16H,4-11,14H2,1-3H3,(H,18,19);1H. The summed E-state index contributed by atoms with van der Waals surface area (Å²) < 4.78 is 18.2. The summed E-state index contributed by atoms with van der Waals surface area (Å²) in [5, 5.41) is 7.62. The number of rotatable bonds is 9. The number of nitrogens with zero attached hydrogens (tertiary/aromatic N) is 4. The summed E-state index contributed by atoms with van der Waals surface area (Å²) in [5.41, 5.74) is 1.11. The first-order chi connectivity index (χ1) is 12.2. The molecular weight excluding hydrogens is 449 g/mol. The molecule has 0 bridgehead atoms. The smallest absolute Gasteiger partial charge is 0.194 e. The number of hydrogen-bond donors (Lipinski definition) is 1. The third kappa shape index (κ3) is 7.77. The molecule has 0 saturated carbocycles. The fourth-order valence-corrected chi connectivity index (χ4v) is 2.67. The van der Waals surface area contributed by atoms with Crippen LogP contribution in [0.25, 0.3) is 0 Å². The fraction of sp³-hybridized carbons (Fsp3) is 0.765. The Morgan fingerprint density at radius 3 is 2.96 bits per heavy atom. The lowest BCUT2D eigenvalue weighted by Crippen LogP contribution is -2.48. The highest BCUT2D eigenvalue weighted by Crippen LogP contribution is 2.21. The van der Waals surface area contributed by atoms with E-state index in [9.17, 15) is 0 Å². The number of aryl methyl sites for hydroxylation is 1. The number of aliphatic imine (C=N–C) groups is 1. The largest absolute Gasteiger partial charge is 0.382 e. The molecule has 1 aromatic heterocycles. The van der Waals surface area contributed by atoms with E-state index < -0.39 is 0 Å². The predicted molar refractivity (Wildman–Crippen MR) is 112 cm³/mol. The number of ether oxygens (including phenoxy) is 3. The first-order valence-corrected chi connectivity index (χ1v) is 8.94. The molecule has 1 N–H and O–H groups in total. The highest BCUT2D eigenvalue weighted by Gasteiger charge is 2.25. The van der Waals surface area contributed by atoms with Crippen LogP contribution in [-0.4, -0.2) is 80.4 Å². The third-order valence-electron chi connectivity index (χ3n) is 3.94. The molecule has 1 aliphatic rings. The quantitative estimate of drug-likeness (QED) is 0.249. The van der Waals surface area contributed by atoms with Crippen LogP contribution in [0.4, 0.5) is 0 Å². The van der Waals surface area contributed by atoms with Crippen LogP contribution < -0.4 is 5.32 Å². The van der Waals surface area contributed by atoms with Crippen molar-refractivity contribution in [2.75, 3.05) is 59.7 Å². The predicted octanol–water partition coefficient (Wildman–Crippen LogP) is 1.43. The summed E-state index contributed by atoms with van der Waals surface area (Å²) in [7, 11) is 3.60. The van der Waals surface area contributed by atoms with Crippen LogP contribution in [-0.2, 0) is 21.3 Å². The van der Waals surface area contributed by atoms with Crippen molar-refractivity contribution < 1.29 is 14.2 Å². The number of methoxy groups -OCH3 is 1. The maximum Gasteiger partial charge on any atom is 0.194 e. The maximum atomic E-state index is 5.91. The molecule has 150 valence electrons. The Hall–Kier alpha value is -0.910. The number of aromatic nitrogens is 2. The molecule has 0 amide bonds. The molecule has 1 saturated heterocycles. The van der Waals surface area contributed by atoms with Gasteiger partial charge in [0.15, 0.2) is 5.96 Å². The minimum atomic E-state index is 0. The van der Waals surface area contributed by atoms with Gasteiger partial charge in [-0.05, 0) is 13.3 Å². The minimum Gasteiger partial charge on any atom is -0.382 e. The van der Waals surface area contributed by atoms with Crippen molar-refractivity contribution in [2.24, 2.45) is 12.0 Å². The molecule has 0 spiro atoms. The van der Waals surface area contributed by atoms with E-state index in [2.05, 4.69) is 22.2 Å². The van der Waals surface area contributed by atoms with Gasteiger partial charge in [0.1, 0.15) is 6.10 Å². The zero-order valence-corrected chi connectivity index (χ0v) is 18.3. The van der Waals surface area contributed by atoms with Crippen LogP contribution in [0.1, 0.15) is 25.0 Å². The first kappa shape index (κ1) is 23.1. The van der Waals surface area contributed by atoms with Crippen LogP contribution in [0.2, 0.25) is 0 Å². The van der Waals surface area contributed by atoms with Crippen molar-refractivity contribution in [2.45, 2.75) is 19.4 Å². The third-order valence-corrected chi connectivity index (χ3v) is 3.94. The van der Waals surface area contributed by atoms with Gasteiger partial charge in [-0.1, -0.05) is 0 Å². The lowest BCUT2D eigenvalue weighted by atomic mass is 10.1. The Labute approximate surface area is 173 Å². The van der Waals surface area contributed by atoms with Gasteiger partial charge in [-0.25, -0.2) is 0 Å². The van der Waals surface area contributed by atoms with Gasteiger partial charge in [0.2, 0.25) is 0 Å². The Bertz CT molecular complexity index is 526. The van der Waals surface area contributed by atoms with E-state index in [1.165, 1.54) is 0 Å². The van der Waals surface area contributed by atoms with Gasteiger partial charge in [0.05, 0.1) is 32.6 Å². The molecule has 1 aromatic rings. The monoisotopic (exact) mass is 481 g/mol. The summed E-state index contributed by atoms with van der Waals surface area (Å²) in [4.78, 5) is 6.99. The second-order valence-electron chi connectivity index (χ2n) is 5.95. The van der Waals surface area contributed by atoms with Gasteiger partial charge >= 0.3 is 0 Å². The van der Waals surface area contributed by atoms with E-state index in [1.807, 2.05) is 19.4 Å². The van der Waals surface area contributed by atoms with E-state index in [0.29, 0.717) is 26.4 Å². The SMILES string of the molecule is CCNC(=NCCCOCCOC)N1CCOC(c2cnn(C)c2)C1.I. The van der Waals surface area contributed by atoms with Crippen molar-refractivity contribution in [1.29, 1.82) is 0 Å². The summed E-state index contributed by atoms with van der Waals surface area (Å²) >= 11 is 0. The summed E-state index contributed by atoms with van der Waals surface area (Å²) in [6.07, 6.45) is 4.81. The zero-order chi connectivity index (χ0) is 17.9. The fourth-order valence-electron chi connectivity index (χ4n) is 2.67. The van der Waals surface area contributed by atoms with Crippen molar-refractivity contribution in [3.05, 3.63) is 18.0 Å². The number of hydrogen-bond acceptors (Lipinski definition) is 5. The van der Waals surface area contributed by atoms with Gasteiger partial charge in [-0.2, -0.15) is 5.10 Å². The van der Waals surface area contributed by atoms with Crippen LogP contribution in [0.5, 0.6) is 0 Å². The lowest BCUT2D eigenvalue weighted by molar-refractivity contribution is -0.00806. The Morgan fingerprint density at radius 2 is 2.27 bits per heavy atom. The van der Waals surface area contributed by atoms with Crippen molar-refractivity contribution in [3.8, 4) is 0 Å². The van der Waals surface area contributed by atoms with Crippen molar-refractivity contribution in [1.82, 2.24) is 20.0 Å². The average molecular weight is 481 g/mol. The molecule has 2 rings (SSSR count). The number of halogens is 1. The molecule has 1 aliphatic heterocycles. The van der Waals surface area contributed by atoms with Gasteiger partial charge in [0.25, 0.3) is 0 Å². The molecule has 1 atom stereocenters. The van der Waals surface area contributed by atoms with E-state index in [1.54, 1.807) is 11.8 Å². The van der Waals surface area contributed by atoms with Crippen LogP contribution in [0.15, 0.2) is 17.4 Å². The zero-order valence-electron chi connectivity index (χ0n) is 16.0. The maximum absolute atomic E-state index is 5.91. The van der Waals surface area contributed by atoms with Gasteiger partial charge in [0, 0.05) is 52.2 Å². The highest BCUT2D eigenvalue weighted by molar-refractivity contribution is 14.0. The topological polar surface area (TPSA) is 73.1 Å². The molecule has 1 unspecified atom stereocenters. The van der Waals surface area contributed by atoms with Crippen LogP contribution >= 0.6 is 24.0 Å². The van der Waals surface area contributed by atoms with E-state index in [-0.39, 0.29) is 30.1 Å². The Balaban J connectivity index is 0.00000338. The van der Waals surface area contributed by atoms with E-state index in [4.69, 9.17) is 19.2 Å². The molecule has 2 heterocycles. The number of morpholine rings is 1. The molecule has 9 heteroatoms. The molecular formula is C17H32IN5O3. The molecule has 0 radical (unpaired) electrons. The molecule has 26 heavy (non-hydrogen) atoms. The Kier molecular flexibility index (Phi) is 11.8. The first-order valence-electron chi connectivity index (χ1n) is 8.94. The summed E-state index contributed by atoms with van der Waals surface area (Å²) in [6, 6.07) is 0. The van der Waals surface area contributed by atoms with Crippen LogP contribution in [0.3, 0.4) is 0 Å². The molecule has 8 nitrogen and oxygen atoms in total. The Morgan fingerprint density at radius 1 is 1.42 bits per heavy atom. The van der Waals surface area contributed by atoms with Crippen molar-refractivity contribution in [3.63, 3.8) is 0 Å². The van der Waals surface area contributed by atoms with Crippen LogP contribution in [0, 0.1) is 0 Å². The molecule has 1 fully saturated rings. The average Bonchev–Trinajstić information content (AvgIpc) is 3.06. The lowest BCUT2D eigenvalue weighted by Gasteiger charge is -2.34.